The van der Waals surface area contributed by atoms with E-state index < -0.39 is 27.1 Å². The number of benzene rings is 1. The third-order valence-corrected chi connectivity index (χ3v) is 2.98. The number of amides is 1. The first-order chi connectivity index (χ1) is 11.0. The molecule has 0 aliphatic heterocycles. The van der Waals surface area contributed by atoms with Crippen LogP contribution in [0.15, 0.2) is 42.6 Å². The Morgan fingerprint density at radius 1 is 1.09 bits per heavy atom. The average Bonchev–Trinajstić information content (AvgIpc) is 2.55. The van der Waals surface area contributed by atoms with Gasteiger partial charge in [0.05, 0.1) is 21.5 Å². The van der Waals surface area contributed by atoms with Crippen molar-refractivity contribution in [3.8, 4) is 0 Å². The molecule has 1 aromatic carbocycles. The number of aromatic nitrogens is 1. The van der Waals surface area contributed by atoms with E-state index in [1.165, 1.54) is 0 Å². The standard InChI is InChI=1S/C14H12N4O5/c19-14(16-6-4-11-3-1-2-5-15-11)10-7-12(17(20)21)9-13(8-10)18(22)23/h1-3,5,7-9H,4,6H2,(H,16,19). The highest BCUT2D eigenvalue weighted by molar-refractivity contribution is 5.95. The molecule has 1 aromatic heterocycles. The molecule has 2 rings (SSSR count). The summed E-state index contributed by atoms with van der Waals surface area (Å²) >= 11 is 0. The second-order valence-electron chi connectivity index (χ2n) is 4.58. The van der Waals surface area contributed by atoms with Gasteiger partial charge in [0.25, 0.3) is 17.3 Å². The van der Waals surface area contributed by atoms with Crippen molar-refractivity contribution >= 4 is 17.3 Å². The van der Waals surface area contributed by atoms with Crippen LogP contribution in [0, 0.1) is 20.2 Å². The minimum atomic E-state index is -0.780. The van der Waals surface area contributed by atoms with Gasteiger partial charge in [-0.3, -0.25) is 30.0 Å². The van der Waals surface area contributed by atoms with Crippen LogP contribution in [0.3, 0.4) is 0 Å². The molecule has 1 heterocycles. The highest BCUT2D eigenvalue weighted by atomic mass is 16.6. The third-order valence-electron chi connectivity index (χ3n) is 2.98. The predicted octanol–water partition coefficient (Wildman–Crippen LogP) is 1.87. The van der Waals surface area contributed by atoms with Gasteiger partial charge in [-0.05, 0) is 12.1 Å². The van der Waals surface area contributed by atoms with Crippen molar-refractivity contribution in [1.82, 2.24) is 10.3 Å². The summed E-state index contributed by atoms with van der Waals surface area (Å²) in [6, 6.07) is 8.19. The van der Waals surface area contributed by atoms with Gasteiger partial charge in [0, 0.05) is 37.0 Å². The van der Waals surface area contributed by atoms with Gasteiger partial charge in [-0.1, -0.05) is 6.07 Å². The van der Waals surface area contributed by atoms with E-state index in [-0.39, 0.29) is 12.1 Å². The Morgan fingerprint density at radius 3 is 2.26 bits per heavy atom. The molecule has 1 N–H and O–H groups in total. The van der Waals surface area contributed by atoms with E-state index in [2.05, 4.69) is 10.3 Å². The Hall–Kier alpha value is -3.36. The molecule has 0 saturated carbocycles. The number of hydrogen-bond acceptors (Lipinski definition) is 6. The molecule has 1 amide bonds. The van der Waals surface area contributed by atoms with E-state index in [1.54, 1.807) is 18.3 Å². The second kappa shape index (κ2) is 7.07. The predicted molar refractivity (Wildman–Crippen MR) is 80.0 cm³/mol. The van der Waals surface area contributed by atoms with Crippen molar-refractivity contribution in [3.05, 3.63) is 74.1 Å². The molecular formula is C14H12N4O5. The van der Waals surface area contributed by atoms with Crippen LogP contribution in [0.25, 0.3) is 0 Å². The maximum atomic E-state index is 12.0. The van der Waals surface area contributed by atoms with E-state index in [0.29, 0.717) is 6.42 Å². The monoisotopic (exact) mass is 316 g/mol. The lowest BCUT2D eigenvalue weighted by atomic mass is 10.1. The van der Waals surface area contributed by atoms with Crippen molar-refractivity contribution in [1.29, 1.82) is 0 Å². The summed E-state index contributed by atoms with van der Waals surface area (Å²) in [5, 5.41) is 24.1. The molecular weight excluding hydrogens is 304 g/mol. The molecule has 0 unspecified atom stereocenters. The third kappa shape index (κ3) is 4.30. The number of rotatable bonds is 6. The molecule has 2 aromatic rings. The number of hydrogen-bond donors (Lipinski definition) is 1. The zero-order valence-corrected chi connectivity index (χ0v) is 11.8. The molecule has 9 heteroatoms. The van der Waals surface area contributed by atoms with Gasteiger partial charge in [-0.15, -0.1) is 0 Å². The molecule has 9 nitrogen and oxygen atoms in total. The summed E-state index contributed by atoms with van der Waals surface area (Å²) in [5.41, 5.74) is -0.368. The van der Waals surface area contributed by atoms with Crippen molar-refractivity contribution in [3.63, 3.8) is 0 Å². The van der Waals surface area contributed by atoms with E-state index >= 15 is 0 Å². The fourth-order valence-corrected chi connectivity index (χ4v) is 1.89. The number of nitro groups is 2. The topological polar surface area (TPSA) is 128 Å². The Morgan fingerprint density at radius 2 is 1.74 bits per heavy atom. The van der Waals surface area contributed by atoms with E-state index in [1.807, 2.05) is 6.07 Å². The molecule has 23 heavy (non-hydrogen) atoms. The van der Waals surface area contributed by atoms with Crippen LogP contribution >= 0.6 is 0 Å². The fraction of sp³-hybridized carbons (Fsp3) is 0.143. The summed E-state index contributed by atoms with van der Waals surface area (Å²) in [7, 11) is 0. The number of nitro benzene ring substituents is 2. The van der Waals surface area contributed by atoms with Crippen LogP contribution in [0.1, 0.15) is 16.1 Å². The number of non-ortho nitro benzene ring substituents is 2. The van der Waals surface area contributed by atoms with Crippen LogP contribution in [0.5, 0.6) is 0 Å². The molecule has 0 aliphatic rings. The van der Waals surface area contributed by atoms with Crippen LogP contribution in [-0.4, -0.2) is 27.3 Å². The van der Waals surface area contributed by atoms with Gasteiger partial charge in [-0.25, -0.2) is 0 Å². The first kappa shape index (κ1) is 16.0. The minimum absolute atomic E-state index is 0.132. The molecule has 0 bridgehead atoms. The second-order valence-corrected chi connectivity index (χ2v) is 4.58. The number of nitrogens with one attached hydrogen (secondary N) is 1. The van der Waals surface area contributed by atoms with Crippen LogP contribution in [0.4, 0.5) is 11.4 Å². The molecule has 0 spiro atoms. The van der Waals surface area contributed by atoms with Crippen LogP contribution in [0.2, 0.25) is 0 Å². The van der Waals surface area contributed by atoms with Crippen molar-refractivity contribution in [2.75, 3.05) is 6.54 Å². The quantitative estimate of drug-likeness (QED) is 0.640. The fourth-order valence-electron chi connectivity index (χ4n) is 1.89. The Balaban J connectivity index is 2.09. The average molecular weight is 316 g/mol. The maximum absolute atomic E-state index is 12.0. The van der Waals surface area contributed by atoms with Crippen molar-refractivity contribution < 1.29 is 14.6 Å². The molecule has 0 radical (unpaired) electrons. The van der Waals surface area contributed by atoms with E-state index in [4.69, 9.17) is 0 Å². The Kier molecular flexibility index (Phi) is 4.92. The zero-order chi connectivity index (χ0) is 16.8. The lowest BCUT2D eigenvalue weighted by Crippen LogP contribution is -2.26. The Bertz CT molecular complexity index is 716. The maximum Gasteiger partial charge on any atom is 0.277 e. The molecule has 0 fully saturated rings. The first-order valence-electron chi connectivity index (χ1n) is 6.59. The number of pyridine rings is 1. The smallest absolute Gasteiger partial charge is 0.277 e. The summed E-state index contributed by atoms with van der Waals surface area (Å²) in [5.74, 6) is -0.618. The van der Waals surface area contributed by atoms with Gasteiger partial charge >= 0.3 is 0 Å². The summed E-state index contributed by atoms with van der Waals surface area (Å²) in [6.07, 6.45) is 2.10. The van der Waals surface area contributed by atoms with Crippen LogP contribution in [-0.2, 0) is 6.42 Å². The molecule has 118 valence electrons. The SMILES string of the molecule is O=C(NCCc1ccccn1)c1cc([N+](=O)[O-])cc([N+](=O)[O-])c1. The first-order valence-corrected chi connectivity index (χ1v) is 6.59. The highest BCUT2D eigenvalue weighted by Crippen LogP contribution is 2.22. The zero-order valence-electron chi connectivity index (χ0n) is 11.8. The lowest BCUT2D eigenvalue weighted by molar-refractivity contribution is -0.394. The van der Waals surface area contributed by atoms with Crippen LogP contribution < -0.4 is 5.32 Å². The minimum Gasteiger partial charge on any atom is -0.352 e. The van der Waals surface area contributed by atoms with Crippen molar-refractivity contribution in [2.45, 2.75) is 6.42 Å². The largest absolute Gasteiger partial charge is 0.352 e. The molecule has 0 atom stereocenters. The molecule has 0 aliphatic carbocycles. The summed E-state index contributed by atoms with van der Waals surface area (Å²) < 4.78 is 0. The van der Waals surface area contributed by atoms with Gasteiger partial charge in [0.15, 0.2) is 0 Å². The summed E-state index contributed by atoms with van der Waals surface area (Å²) in [6.45, 7) is 0.256. The van der Waals surface area contributed by atoms with Gasteiger partial charge in [0.2, 0.25) is 0 Å². The number of carbonyl (C=O) groups excluding carboxylic acids is 1. The van der Waals surface area contributed by atoms with Gasteiger partial charge in [0.1, 0.15) is 0 Å². The van der Waals surface area contributed by atoms with E-state index in [9.17, 15) is 25.0 Å². The highest BCUT2D eigenvalue weighted by Gasteiger charge is 2.19. The Labute approximate surface area is 130 Å². The summed E-state index contributed by atoms with van der Waals surface area (Å²) in [4.78, 5) is 36.1. The van der Waals surface area contributed by atoms with E-state index in [0.717, 1.165) is 23.9 Å². The number of nitrogens with zero attached hydrogens (tertiary/aromatic N) is 3. The number of carbonyl (C=O) groups is 1. The van der Waals surface area contributed by atoms with Gasteiger partial charge < -0.3 is 5.32 Å². The van der Waals surface area contributed by atoms with Crippen molar-refractivity contribution in [2.24, 2.45) is 0 Å². The molecule has 0 saturated heterocycles. The van der Waals surface area contributed by atoms with Gasteiger partial charge in [-0.2, -0.15) is 0 Å². The lowest BCUT2D eigenvalue weighted by Gasteiger charge is -2.05. The normalized spacial score (nSPS) is 10.1.